The molecule has 3 rings (SSSR count). The van der Waals surface area contributed by atoms with Gasteiger partial charge < -0.3 is 4.90 Å². The summed E-state index contributed by atoms with van der Waals surface area (Å²) in [4.78, 5) is 13.3. The van der Waals surface area contributed by atoms with E-state index in [1.54, 1.807) is 0 Å². The van der Waals surface area contributed by atoms with Crippen LogP contribution in [0.3, 0.4) is 0 Å². The molecule has 2 atom stereocenters. The Morgan fingerprint density at radius 3 is 3.20 bits per heavy atom. The smallest absolute Gasteiger partial charge is 0.243 e. The van der Waals surface area contributed by atoms with Crippen LogP contribution >= 0.6 is 23.5 Å². The third-order valence-corrected chi connectivity index (χ3v) is 5.22. The van der Waals surface area contributed by atoms with Gasteiger partial charge in [-0.15, -0.1) is 23.5 Å². The van der Waals surface area contributed by atoms with Crippen LogP contribution in [0, 0.1) is 0 Å². The van der Waals surface area contributed by atoms with E-state index in [0.29, 0.717) is 11.3 Å². The highest BCUT2D eigenvalue weighted by Gasteiger charge is 2.70. The van der Waals surface area contributed by atoms with Crippen molar-refractivity contribution >= 4 is 29.4 Å². The Kier molecular flexibility index (Phi) is 0.869. The van der Waals surface area contributed by atoms with Crippen LogP contribution in [0.1, 0.15) is 0 Å². The third-order valence-electron chi connectivity index (χ3n) is 2.37. The van der Waals surface area contributed by atoms with E-state index in [0.717, 1.165) is 18.1 Å². The number of rotatable bonds is 0. The monoisotopic (exact) mass is 173 g/mol. The summed E-state index contributed by atoms with van der Waals surface area (Å²) in [5.41, 5.74) is 0. The average molecular weight is 173 g/mol. The first-order valence-corrected chi connectivity index (χ1v) is 5.45. The second-order valence-corrected chi connectivity index (χ2v) is 5.39. The summed E-state index contributed by atoms with van der Waals surface area (Å²) in [6, 6.07) is 0. The maximum absolute atomic E-state index is 11.3. The van der Waals surface area contributed by atoms with Crippen molar-refractivity contribution in [2.45, 2.75) is 10.1 Å². The number of nitrogens with zero attached hydrogens (tertiary/aromatic N) is 1. The zero-order valence-electron chi connectivity index (χ0n) is 5.37. The van der Waals surface area contributed by atoms with Gasteiger partial charge in [0.15, 0.2) is 0 Å². The first-order chi connectivity index (χ1) is 4.84. The van der Waals surface area contributed by atoms with Gasteiger partial charge in [-0.1, -0.05) is 0 Å². The van der Waals surface area contributed by atoms with Crippen molar-refractivity contribution in [3.05, 3.63) is 0 Å². The Bertz CT molecular complexity index is 214. The van der Waals surface area contributed by atoms with Gasteiger partial charge in [0.1, 0.15) is 10.1 Å². The molecule has 0 radical (unpaired) electrons. The first kappa shape index (κ1) is 5.77. The number of carbonyl (C=O) groups is 1. The molecule has 10 heavy (non-hydrogen) atoms. The molecule has 3 fully saturated rings. The minimum absolute atomic E-state index is 0.0984. The van der Waals surface area contributed by atoms with Crippen molar-refractivity contribution < 1.29 is 4.79 Å². The molecule has 0 N–H and O–H groups in total. The summed E-state index contributed by atoms with van der Waals surface area (Å²) in [6.07, 6.45) is 0. The van der Waals surface area contributed by atoms with Gasteiger partial charge in [0.25, 0.3) is 0 Å². The Morgan fingerprint density at radius 1 is 1.70 bits per heavy atom. The van der Waals surface area contributed by atoms with Crippen molar-refractivity contribution in [1.29, 1.82) is 0 Å². The van der Waals surface area contributed by atoms with Gasteiger partial charge in [0, 0.05) is 18.1 Å². The quantitative estimate of drug-likeness (QED) is 0.390. The van der Waals surface area contributed by atoms with Crippen LogP contribution in [0.4, 0.5) is 0 Å². The van der Waals surface area contributed by atoms with Crippen molar-refractivity contribution in [2.75, 3.05) is 18.1 Å². The predicted octanol–water partition coefficient (Wildman–Crippen LogP) is 0.387. The lowest BCUT2D eigenvalue weighted by atomic mass is 10.0. The summed E-state index contributed by atoms with van der Waals surface area (Å²) in [5, 5.41) is 0.560. The molecule has 1 unspecified atom stereocenters. The van der Waals surface area contributed by atoms with Gasteiger partial charge in [-0.05, 0) is 0 Å². The summed E-state index contributed by atoms with van der Waals surface area (Å²) >= 11 is 3.78. The van der Waals surface area contributed by atoms with Crippen molar-refractivity contribution in [2.24, 2.45) is 0 Å². The minimum Gasteiger partial charge on any atom is -0.327 e. The largest absolute Gasteiger partial charge is 0.327 e. The highest BCUT2D eigenvalue weighted by atomic mass is 32.2. The van der Waals surface area contributed by atoms with E-state index in [-0.39, 0.29) is 4.75 Å². The summed E-state index contributed by atoms with van der Waals surface area (Å²) in [6.45, 7) is 0.997. The molecular weight excluding hydrogens is 166 g/mol. The second kappa shape index (κ2) is 1.50. The van der Waals surface area contributed by atoms with Gasteiger partial charge in [-0.25, -0.2) is 0 Å². The van der Waals surface area contributed by atoms with E-state index >= 15 is 0 Å². The number of hydrogen-bond acceptors (Lipinski definition) is 3. The fraction of sp³-hybridized carbons (Fsp3) is 0.833. The number of β-lactam (4-membered cyclic amide) rings is 1. The lowest BCUT2D eigenvalue weighted by molar-refractivity contribution is -0.142. The zero-order chi connectivity index (χ0) is 6.77. The van der Waals surface area contributed by atoms with Gasteiger partial charge in [-0.3, -0.25) is 4.79 Å². The van der Waals surface area contributed by atoms with Crippen LogP contribution in [0.2, 0.25) is 0 Å². The van der Waals surface area contributed by atoms with E-state index < -0.39 is 0 Å². The van der Waals surface area contributed by atoms with Crippen molar-refractivity contribution in [3.8, 4) is 0 Å². The van der Waals surface area contributed by atoms with Crippen molar-refractivity contribution in [3.63, 3.8) is 0 Å². The lowest BCUT2D eigenvalue weighted by Crippen LogP contribution is -2.62. The molecule has 0 aromatic heterocycles. The molecule has 0 aliphatic carbocycles. The van der Waals surface area contributed by atoms with Crippen molar-refractivity contribution in [1.82, 2.24) is 4.90 Å². The van der Waals surface area contributed by atoms with E-state index in [1.165, 1.54) is 0 Å². The molecule has 0 aromatic rings. The fourth-order valence-electron chi connectivity index (χ4n) is 1.69. The Hall–Kier alpha value is 0.170. The number of amides is 1. The first-order valence-electron chi connectivity index (χ1n) is 3.41. The van der Waals surface area contributed by atoms with E-state index in [1.807, 2.05) is 28.4 Å². The maximum Gasteiger partial charge on any atom is 0.243 e. The normalized spacial score (nSPS) is 49.4. The van der Waals surface area contributed by atoms with Crippen LogP contribution in [0.25, 0.3) is 0 Å². The number of thioether (sulfide) groups is 2. The zero-order valence-corrected chi connectivity index (χ0v) is 7.00. The average Bonchev–Trinajstić information content (AvgIpc) is 2.66. The van der Waals surface area contributed by atoms with E-state index in [2.05, 4.69) is 0 Å². The standard InChI is InChI=1S/C6H7NOS2/c8-4-6(3-10-6)5-7(4)1-2-9-5/h5H,1-3H2/t5-,6?/m0/s1. The molecule has 3 heterocycles. The van der Waals surface area contributed by atoms with E-state index in [4.69, 9.17) is 0 Å². The van der Waals surface area contributed by atoms with Crippen LogP contribution in [0.15, 0.2) is 0 Å². The molecule has 1 spiro atoms. The molecule has 3 aliphatic rings. The fourth-order valence-corrected chi connectivity index (χ4v) is 4.51. The Balaban J connectivity index is 1.97. The van der Waals surface area contributed by atoms with Gasteiger partial charge in [0.05, 0.1) is 0 Å². The highest BCUT2D eigenvalue weighted by molar-refractivity contribution is 8.11. The number of fused-ring (bicyclic) bond motifs is 2. The number of hydrogen-bond donors (Lipinski definition) is 0. The molecule has 3 saturated heterocycles. The molecule has 0 bridgehead atoms. The molecule has 0 aromatic carbocycles. The van der Waals surface area contributed by atoms with Crippen LogP contribution in [0.5, 0.6) is 0 Å². The SMILES string of the molecule is O=C1N2CCS[C@H]2C12CS2. The highest BCUT2D eigenvalue weighted by Crippen LogP contribution is 2.61. The van der Waals surface area contributed by atoms with Crippen LogP contribution < -0.4 is 0 Å². The molecule has 3 aliphatic heterocycles. The minimum atomic E-state index is 0.0984. The van der Waals surface area contributed by atoms with Gasteiger partial charge in [-0.2, -0.15) is 0 Å². The third kappa shape index (κ3) is 0.432. The van der Waals surface area contributed by atoms with Gasteiger partial charge >= 0.3 is 0 Å². The van der Waals surface area contributed by atoms with Crippen LogP contribution in [-0.2, 0) is 4.79 Å². The molecular formula is C6H7NOS2. The summed E-state index contributed by atoms with van der Waals surface area (Å²) < 4.78 is 0.0984. The van der Waals surface area contributed by atoms with E-state index in [9.17, 15) is 4.79 Å². The molecule has 2 nitrogen and oxygen atoms in total. The topological polar surface area (TPSA) is 20.3 Å². The van der Waals surface area contributed by atoms with Crippen LogP contribution in [-0.4, -0.2) is 39.0 Å². The number of carbonyl (C=O) groups excluding carboxylic acids is 1. The summed E-state index contributed by atoms with van der Waals surface area (Å²) in [7, 11) is 0. The molecule has 1 amide bonds. The Morgan fingerprint density at radius 2 is 2.50 bits per heavy atom. The summed E-state index contributed by atoms with van der Waals surface area (Å²) in [5.74, 6) is 2.64. The maximum atomic E-state index is 11.3. The Labute approximate surface area is 67.7 Å². The second-order valence-electron chi connectivity index (χ2n) is 2.90. The molecule has 4 heteroatoms. The molecule has 0 saturated carbocycles. The predicted molar refractivity (Wildman–Crippen MR) is 43.1 cm³/mol. The lowest BCUT2D eigenvalue weighted by Gasteiger charge is -2.40. The molecule has 54 valence electrons. The van der Waals surface area contributed by atoms with Gasteiger partial charge in [0.2, 0.25) is 5.91 Å².